The van der Waals surface area contributed by atoms with Gasteiger partial charge < -0.3 is 14.4 Å². The van der Waals surface area contributed by atoms with Gasteiger partial charge in [0.2, 0.25) is 0 Å². The number of rotatable bonds is 3. The van der Waals surface area contributed by atoms with Crippen LogP contribution in [0.15, 0.2) is 6.07 Å². The summed E-state index contributed by atoms with van der Waals surface area (Å²) in [4.78, 5) is 11.0. The molecule has 1 fully saturated rings. The number of hydrogen-bond acceptors (Lipinski definition) is 5. The maximum Gasteiger partial charge on any atom is 0.132 e. The molecule has 0 amide bonds. The van der Waals surface area contributed by atoms with Crippen molar-refractivity contribution < 1.29 is 9.47 Å². The van der Waals surface area contributed by atoms with Crippen molar-refractivity contribution in [2.24, 2.45) is 0 Å². The van der Waals surface area contributed by atoms with Crippen molar-refractivity contribution >= 4 is 5.82 Å². The lowest BCUT2D eigenvalue weighted by Crippen LogP contribution is -2.37. The fraction of sp³-hybridized carbons (Fsp3) is 0.636. The second-order valence-corrected chi connectivity index (χ2v) is 3.80. The Balaban J connectivity index is 2.18. The lowest BCUT2D eigenvalue weighted by atomic mass is 10.3. The van der Waals surface area contributed by atoms with E-state index in [0.717, 1.165) is 43.6 Å². The molecule has 2 rings (SSSR count). The summed E-state index contributed by atoms with van der Waals surface area (Å²) >= 11 is 0. The van der Waals surface area contributed by atoms with Gasteiger partial charge in [0.25, 0.3) is 0 Å². The first-order valence-electron chi connectivity index (χ1n) is 5.46. The van der Waals surface area contributed by atoms with Crippen LogP contribution in [0.3, 0.4) is 0 Å². The van der Waals surface area contributed by atoms with Gasteiger partial charge in [-0.3, -0.25) is 0 Å². The number of nitrogens with zero attached hydrogens (tertiary/aromatic N) is 3. The second kappa shape index (κ2) is 5.23. The molecule has 0 radical (unpaired) electrons. The maximum absolute atomic E-state index is 5.32. The standard InChI is InChI=1S/C11H17N3O2/c1-9-12-10(8-15-2)7-11(13-9)14-3-5-16-6-4-14/h7H,3-6,8H2,1-2H3. The van der Waals surface area contributed by atoms with Gasteiger partial charge in [0.15, 0.2) is 0 Å². The van der Waals surface area contributed by atoms with E-state index >= 15 is 0 Å². The Morgan fingerprint density at radius 1 is 1.38 bits per heavy atom. The molecule has 1 aliphatic rings. The molecule has 0 atom stereocenters. The van der Waals surface area contributed by atoms with Crippen LogP contribution in [-0.2, 0) is 16.1 Å². The van der Waals surface area contributed by atoms with Gasteiger partial charge in [-0.25, -0.2) is 9.97 Å². The van der Waals surface area contributed by atoms with Crippen LogP contribution in [0.4, 0.5) is 5.82 Å². The van der Waals surface area contributed by atoms with Gasteiger partial charge in [-0.2, -0.15) is 0 Å². The molecule has 0 saturated carbocycles. The van der Waals surface area contributed by atoms with Crippen molar-refractivity contribution in [3.8, 4) is 0 Å². The van der Waals surface area contributed by atoms with Crippen LogP contribution in [0.5, 0.6) is 0 Å². The first-order valence-corrected chi connectivity index (χ1v) is 5.46. The quantitative estimate of drug-likeness (QED) is 0.757. The van der Waals surface area contributed by atoms with Crippen LogP contribution in [-0.4, -0.2) is 43.4 Å². The Labute approximate surface area is 95.4 Å². The van der Waals surface area contributed by atoms with Crippen molar-refractivity contribution in [2.75, 3.05) is 38.3 Å². The molecule has 5 heteroatoms. The number of ether oxygens (including phenoxy) is 2. The summed E-state index contributed by atoms with van der Waals surface area (Å²) in [6, 6.07) is 1.99. The highest BCUT2D eigenvalue weighted by molar-refractivity contribution is 5.40. The summed E-state index contributed by atoms with van der Waals surface area (Å²) in [5.41, 5.74) is 0.927. The van der Waals surface area contributed by atoms with Crippen LogP contribution < -0.4 is 4.90 Å². The molecule has 0 bridgehead atoms. The number of methoxy groups -OCH3 is 1. The SMILES string of the molecule is COCc1cc(N2CCOCC2)nc(C)n1. The zero-order valence-electron chi connectivity index (χ0n) is 9.77. The average molecular weight is 223 g/mol. The second-order valence-electron chi connectivity index (χ2n) is 3.80. The minimum absolute atomic E-state index is 0.528. The summed E-state index contributed by atoms with van der Waals surface area (Å²) in [7, 11) is 1.67. The molecule has 88 valence electrons. The third kappa shape index (κ3) is 2.68. The molecule has 1 saturated heterocycles. The van der Waals surface area contributed by atoms with E-state index in [0.29, 0.717) is 6.61 Å². The van der Waals surface area contributed by atoms with E-state index in [2.05, 4.69) is 14.9 Å². The number of anilines is 1. The van der Waals surface area contributed by atoms with Gasteiger partial charge in [-0.1, -0.05) is 0 Å². The van der Waals surface area contributed by atoms with Crippen molar-refractivity contribution in [3.05, 3.63) is 17.6 Å². The van der Waals surface area contributed by atoms with Crippen molar-refractivity contribution in [1.82, 2.24) is 9.97 Å². The van der Waals surface area contributed by atoms with E-state index in [1.54, 1.807) is 7.11 Å². The van der Waals surface area contributed by atoms with E-state index in [1.807, 2.05) is 13.0 Å². The number of morpholine rings is 1. The summed E-state index contributed by atoms with van der Waals surface area (Å²) in [6.07, 6.45) is 0. The Hall–Kier alpha value is -1.20. The molecule has 0 aliphatic carbocycles. The predicted octanol–water partition coefficient (Wildman–Crippen LogP) is 0.768. The molecule has 1 aromatic heterocycles. The molecule has 0 aromatic carbocycles. The first kappa shape index (κ1) is 11.3. The highest BCUT2D eigenvalue weighted by Crippen LogP contribution is 2.14. The lowest BCUT2D eigenvalue weighted by molar-refractivity contribution is 0.122. The normalized spacial score (nSPS) is 16.5. The van der Waals surface area contributed by atoms with Gasteiger partial charge >= 0.3 is 0 Å². The van der Waals surface area contributed by atoms with E-state index < -0.39 is 0 Å². The summed E-state index contributed by atoms with van der Waals surface area (Å²) < 4.78 is 10.4. The van der Waals surface area contributed by atoms with Gasteiger partial charge in [-0.15, -0.1) is 0 Å². The Bertz CT molecular complexity index is 351. The number of aromatic nitrogens is 2. The lowest BCUT2D eigenvalue weighted by Gasteiger charge is -2.28. The highest BCUT2D eigenvalue weighted by atomic mass is 16.5. The third-order valence-corrected chi connectivity index (χ3v) is 2.50. The van der Waals surface area contributed by atoms with Crippen LogP contribution in [0.1, 0.15) is 11.5 Å². The zero-order valence-corrected chi connectivity index (χ0v) is 9.77. The monoisotopic (exact) mass is 223 g/mol. The molecular weight excluding hydrogens is 206 g/mol. The first-order chi connectivity index (χ1) is 7.79. The zero-order chi connectivity index (χ0) is 11.4. The van der Waals surface area contributed by atoms with Crippen molar-refractivity contribution in [3.63, 3.8) is 0 Å². The smallest absolute Gasteiger partial charge is 0.132 e. The Morgan fingerprint density at radius 2 is 2.12 bits per heavy atom. The molecule has 1 aromatic rings. The number of aryl methyl sites for hydroxylation is 1. The van der Waals surface area contributed by atoms with Crippen LogP contribution in [0.2, 0.25) is 0 Å². The molecule has 5 nitrogen and oxygen atoms in total. The Kier molecular flexibility index (Phi) is 3.69. The fourth-order valence-corrected chi connectivity index (χ4v) is 1.79. The summed E-state index contributed by atoms with van der Waals surface area (Å²) in [6.45, 7) is 5.75. The van der Waals surface area contributed by atoms with E-state index in [9.17, 15) is 0 Å². The Morgan fingerprint density at radius 3 is 2.81 bits per heavy atom. The third-order valence-electron chi connectivity index (χ3n) is 2.50. The molecular formula is C11H17N3O2. The summed E-state index contributed by atoms with van der Waals surface area (Å²) in [5, 5.41) is 0. The predicted molar refractivity (Wildman–Crippen MR) is 60.5 cm³/mol. The highest BCUT2D eigenvalue weighted by Gasteiger charge is 2.13. The molecule has 0 N–H and O–H groups in total. The summed E-state index contributed by atoms with van der Waals surface area (Å²) in [5.74, 6) is 1.76. The number of hydrogen-bond donors (Lipinski definition) is 0. The molecule has 16 heavy (non-hydrogen) atoms. The van der Waals surface area contributed by atoms with E-state index in [1.165, 1.54) is 0 Å². The van der Waals surface area contributed by atoms with Gasteiger partial charge in [-0.05, 0) is 6.92 Å². The minimum Gasteiger partial charge on any atom is -0.378 e. The van der Waals surface area contributed by atoms with Crippen LogP contribution >= 0.6 is 0 Å². The van der Waals surface area contributed by atoms with E-state index in [-0.39, 0.29) is 0 Å². The fourth-order valence-electron chi connectivity index (χ4n) is 1.79. The minimum atomic E-state index is 0.528. The molecule has 0 spiro atoms. The maximum atomic E-state index is 5.32. The molecule has 2 heterocycles. The molecule has 0 unspecified atom stereocenters. The van der Waals surface area contributed by atoms with Gasteiger partial charge in [0.1, 0.15) is 11.6 Å². The van der Waals surface area contributed by atoms with E-state index in [4.69, 9.17) is 9.47 Å². The topological polar surface area (TPSA) is 47.5 Å². The van der Waals surface area contributed by atoms with Gasteiger partial charge in [0, 0.05) is 26.3 Å². The molecule has 1 aliphatic heterocycles. The average Bonchev–Trinajstić information content (AvgIpc) is 2.30. The van der Waals surface area contributed by atoms with Crippen LogP contribution in [0, 0.1) is 6.92 Å². The van der Waals surface area contributed by atoms with Crippen molar-refractivity contribution in [2.45, 2.75) is 13.5 Å². The van der Waals surface area contributed by atoms with Gasteiger partial charge in [0.05, 0.1) is 25.5 Å². The van der Waals surface area contributed by atoms with Crippen LogP contribution in [0.25, 0.3) is 0 Å². The largest absolute Gasteiger partial charge is 0.378 e. The van der Waals surface area contributed by atoms with Crippen molar-refractivity contribution in [1.29, 1.82) is 0 Å².